The first-order valence-corrected chi connectivity index (χ1v) is 12.7. The molecule has 0 aromatic heterocycles. The molecule has 1 heterocycles. The second-order valence-electron chi connectivity index (χ2n) is 11.3. The Hall–Kier alpha value is -1.22. The molecule has 1 saturated heterocycles. The normalized spacial score (nSPS) is 28.7. The first-order valence-electron chi connectivity index (χ1n) is 12.7. The number of fused-ring (bicyclic) bond motifs is 2. The van der Waals surface area contributed by atoms with E-state index >= 15 is 0 Å². The molecule has 0 spiro atoms. The molecule has 3 fully saturated rings. The molecule has 1 amide bonds. The molecule has 3 rings (SSSR count). The van der Waals surface area contributed by atoms with Gasteiger partial charge in [-0.3, -0.25) is 4.79 Å². The molecule has 2 bridgehead atoms. The van der Waals surface area contributed by atoms with Crippen LogP contribution < -0.4 is 24.0 Å². The third kappa shape index (κ3) is 5.01. The Labute approximate surface area is 218 Å². The van der Waals surface area contributed by atoms with E-state index in [-0.39, 0.29) is 48.7 Å². The van der Waals surface area contributed by atoms with E-state index in [2.05, 4.69) is 20.4 Å². The van der Waals surface area contributed by atoms with Gasteiger partial charge in [0.05, 0.1) is 5.41 Å². The minimum Gasteiger partial charge on any atom is -0.847 e. The van der Waals surface area contributed by atoms with E-state index in [0.29, 0.717) is 18.0 Å². The molecular formula is C27H43LiN2O4. The van der Waals surface area contributed by atoms with E-state index < -0.39 is 23.6 Å². The largest absolute Gasteiger partial charge is 1.00 e. The van der Waals surface area contributed by atoms with Gasteiger partial charge in [0.25, 0.3) is 0 Å². The average molecular weight is 467 g/mol. The van der Waals surface area contributed by atoms with Crippen molar-refractivity contribution in [2.24, 2.45) is 16.7 Å². The van der Waals surface area contributed by atoms with Gasteiger partial charge >= 0.3 is 24.8 Å². The quantitative estimate of drug-likeness (QED) is 0.216. The number of likely N-dealkylation sites (tertiary alicyclic amines) is 1. The van der Waals surface area contributed by atoms with E-state index in [0.717, 1.165) is 38.8 Å². The van der Waals surface area contributed by atoms with E-state index in [1.54, 1.807) is 6.08 Å². The van der Waals surface area contributed by atoms with Crippen molar-refractivity contribution < 1.29 is 38.3 Å². The zero-order valence-corrected chi connectivity index (χ0v) is 22.4. The van der Waals surface area contributed by atoms with Crippen LogP contribution in [0.5, 0.6) is 0 Å². The Morgan fingerprint density at radius 1 is 1.18 bits per heavy atom. The second-order valence-corrected chi connectivity index (χ2v) is 11.3. The van der Waals surface area contributed by atoms with Crippen molar-refractivity contribution >= 4 is 11.9 Å². The van der Waals surface area contributed by atoms with Crippen LogP contribution in [0.25, 0.3) is 0 Å². The van der Waals surface area contributed by atoms with Crippen molar-refractivity contribution in [3.63, 3.8) is 0 Å². The summed E-state index contributed by atoms with van der Waals surface area (Å²) in [6.45, 7) is 17.8. The summed E-state index contributed by atoms with van der Waals surface area (Å²) in [5, 5.41) is 12.8. The molecule has 4 atom stereocenters. The van der Waals surface area contributed by atoms with Gasteiger partial charge in [-0.15, -0.1) is 6.58 Å². The third-order valence-corrected chi connectivity index (χ3v) is 8.54. The van der Waals surface area contributed by atoms with Crippen LogP contribution >= 0.6 is 0 Å². The van der Waals surface area contributed by atoms with Crippen molar-refractivity contribution in [2.75, 3.05) is 13.1 Å². The van der Waals surface area contributed by atoms with Crippen molar-refractivity contribution in [3.05, 3.63) is 24.4 Å². The third-order valence-electron chi connectivity index (χ3n) is 8.54. The molecule has 0 unspecified atom stereocenters. The zero-order valence-electron chi connectivity index (χ0n) is 22.4. The molecule has 186 valence electrons. The summed E-state index contributed by atoms with van der Waals surface area (Å²) >= 11 is 0. The number of amides is 1. The van der Waals surface area contributed by atoms with E-state index in [9.17, 15) is 14.7 Å². The number of nitrogens with zero attached hydrogens (tertiary/aromatic N) is 2. The number of rotatable bonds is 9. The molecule has 0 N–H and O–H groups in total. The van der Waals surface area contributed by atoms with E-state index in [4.69, 9.17) is 4.74 Å². The van der Waals surface area contributed by atoms with Crippen molar-refractivity contribution in [2.45, 2.75) is 104 Å². The summed E-state index contributed by atoms with van der Waals surface area (Å²) < 4.78 is 6.08. The van der Waals surface area contributed by atoms with Crippen LogP contribution in [0.15, 0.2) is 24.4 Å². The van der Waals surface area contributed by atoms with Gasteiger partial charge in [0.15, 0.2) is 0 Å². The average Bonchev–Trinajstić information content (AvgIpc) is 3.38. The Kier molecular flexibility index (Phi) is 9.58. The fraction of sp³-hybridized carbons (Fsp3) is 0.778. The van der Waals surface area contributed by atoms with Gasteiger partial charge in [-0.05, 0) is 77.6 Å². The molecule has 0 aromatic rings. The molecule has 6 nitrogen and oxygen atoms in total. The summed E-state index contributed by atoms with van der Waals surface area (Å²) in [6.07, 6.45) is 6.23. The van der Waals surface area contributed by atoms with Gasteiger partial charge in [-0.1, -0.05) is 26.0 Å². The van der Waals surface area contributed by atoms with Gasteiger partial charge in [0, 0.05) is 36.9 Å². The molecule has 2 saturated carbocycles. The molecule has 2 aliphatic carbocycles. The summed E-state index contributed by atoms with van der Waals surface area (Å²) in [7, 11) is 0. The van der Waals surface area contributed by atoms with Crippen molar-refractivity contribution in [1.82, 2.24) is 9.80 Å². The van der Waals surface area contributed by atoms with Gasteiger partial charge in [0.1, 0.15) is 6.10 Å². The monoisotopic (exact) mass is 466 g/mol. The number of hydrogen-bond donors (Lipinski definition) is 0. The number of carbonyl (C=O) groups excluding carboxylic acids is 2. The van der Waals surface area contributed by atoms with Crippen LogP contribution in [-0.4, -0.2) is 59.1 Å². The molecule has 34 heavy (non-hydrogen) atoms. The summed E-state index contributed by atoms with van der Waals surface area (Å²) in [4.78, 5) is 31.2. The molecule has 3 aliphatic rings. The molecule has 7 heteroatoms. The second kappa shape index (κ2) is 11.2. The maximum atomic E-state index is 14.1. The van der Waals surface area contributed by atoms with Crippen LogP contribution in [0.2, 0.25) is 0 Å². The maximum absolute atomic E-state index is 14.1. The van der Waals surface area contributed by atoms with E-state index in [1.807, 2.05) is 37.5 Å². The fourth-order valence-electron chi connectivity index (χ4n) is 6.79. The smallest absolute Gasteiger partial charge is 0.847 e. The Balaban J connectivity index is 0.00000408. The summed E-state index contributed by atoms with van der Waals surface area (Å²) in [5.41, 5.74) is -0.476. The van der Waals surface area contributed by atoms with Gasteiger partial charge in [-0.25, -0.2) is 4.79 Å². The first-order chi connectivity index (χ1) is 15.5. The Morgan fingerprint density at radius 3 is 2.26 bits per heavy atom. The van der Waals surface area contributed by atoms with E-state index in [1.165, 1.54) is 6.08 Å². The predicted octanol–water partition coefficient (Wildman–Crippen LogP) is 0.659. The predicted molar refractivity (Wildman–Crippen MR) is 128 cm³/mol. The van der Waals surface area contributed by atoms with Crippen LogP contribution in [0.3, 0.4) is 0 Å². The van der Waals surface area contributed by atoms with Crippen molar-refractivity contribution in [1.29, 1.82) is 0 Å². The SMILES string of the molecule is C=CC[C@H]([O-])/C(=C\C(=O)O[C@@H]1C[C@H]2CC[C@]1(C(=O)N(C(C)C)C(C)C)C2(C)C)N1CCCC1.[Li+]. The molecule has 0 aromatic carbocycles. The minimum atomic E-state index is -1.03. The molecule has 1 aliphatic heterocycles. The summed E-state index contributed by atoms with van der Waals surface area (Å²) in [5.74, 6) is -0.0501. The first kappa shape index (κ1) is 29.0. The number of hydrogen-bond acceptors (Lipinski definition) is 5. The van der Waals surface area contributed by atoms with Gasteiger partial charge in [0.2, 0.25) is 5.91 Å². The number of carbonyl (C=O) groups is 2. The fourth-order valence-corrected chi connectivity index (χ4v) is 6.79. The van der Waals surface area contributed by atoms with Gasteiger partial charge < -0.3 is 19.6 Å². The maximum Gasteiger partial charge on any atom is 1.00 e. The zero-order chi connectivity index (χ0) is 24.6. The van der Waals surface area contributed by atoms with Gasteiger partial charge in [-0.2, -0.15) is 0 Å². The van der Waals surface area contributed by atoms with Crippen LogP contribution in [-0.2, 0) is 14.3 Å². The number of ether oxygens (including phenoxy) is 1. The Morgan fingerprint density at radius 2 is 1.76 bits per heavy atom. The topological polar surface area (TPSA) is 72.9 Å². The summed E-state index contributed by atoms with van der Waals surface area (Å²) in [6, 6.07) is 0.140. The Bertz CT molecular complexity index is 779. The van der Waals surface area contributed by atoms with Crippen LogP contribution in [0.4, 0.5) is 0 Å². The standard InChI is InChI=1S/C27H43N2O4.Li/c1-8-11-22(30)21(28-14-9-10-15-28)17-24(31)33-23-16-20-12-13-27(23,26(20,6)7)25(32)29(18(2)3)19(4)5;/h8,17-20,22-23H,1,9-16H2,2-7H3;/q-1;+1/b21-17+;/t20-,22+,23-,27+;/m1./s1. The van der Waals surface area contributed by atoms with Crippen molar-refractivity contribution in [3.8, 4) is 0 Å². The molecular weight excluding hydrogens is 423 g/mol. The minimum absolute atomic E-state index is 0. The molecule has 0 radical (unpaired) electrons. The van der Waals surface area contributed by atoms with Crippen LogP contribution in [0.1, 0.15) is 80.1 Å². The van der Waals surface area contributed by atoms with Crippen LogP contribution in [0, 0.1) is 16.7 Å². The number of esters is 1.